The van der Waals surface area contributed by atoms with Gasteiger partial charge in [-0.15, -0.1) is 0 Å². The van der Waals surface area contributed by atoms with Crippen LogP contribution in [0.25, 0.3) is 0 Å². The van der Waals surface area contributed by atoms with Gasteiger partial charge in [-0.3, -0.25) is 14.4 Å². The number of benzene rings is 3. The van der Waals surface area contributed by atoms with Crippen LogP contribution in [0.4, 0.5) is 17.1 Å². The highest BCUT2D eigenvalue weighted by molar-refractivity contribution is 6.39. The summed E-state index contributed by atoms with van der Waals surface area (Å²) in [5.41, 5.74) is 6.36. The Balaban J connectivity index is 1.18. The van der Waals surface area contributed by atoms with Crippen LogP contribution >= 0.6 is 0 Å². The van der Waals surface area contributed by atoms with Crippen LogP contribution in [-0.4, -0.2) is 30.8 Å². The van der Waals surface area contributed by atoms with Gasteiger partial charge in [0, 0.05) is 43.6 Å². The van der Waals surface area contributed by atoms with E-state index in [1.807, 2.05) is 0 Å². The number of hydrogen-bond acceptors (Lipinski definition) is 4. The molecule has 0 unspecified atom stereocenters. The first-order chi connectivity index (χ1) is 17.0. The van der Waals surface area contributed by atoms with E-state index >= 15 is 0 Å². The fraction of sp³-hybridized carbons (Fsp3) is 0.250. The Morgan fingerprint density at radius 2 is 1.46 bits per heavy atom. The van der Waals surface area contributed by atoms with Gasteiger partial charge in [0.1, 0.15) is 0 Å². The molecular weight excluding hydrogens is 440 g/mol. The zero-order valence-electron chi connectivity index (χ0n) is 19.8. The van der Waals surface area contributed by atoms with Crippen LogP contribution in [0, 0.1) is 0 Å². The van der Waals surface area contributed by atoms with Crippen molar-refractivity contribution in [3.8, 4) is 0 Å². The third-order valence-corrected chi connectivity index (χ3v) is 6.03. The Morgan fingerprint density at radius 1 is 0.800 bits per heavy atom. The number of nitrogens with zero attached hydrogens (tertiary/aromatic N) is 1. The van der Waals surface area contributed by atoms with E-state index in [0.717, 1.165) is 32.4 Å². The zero-order chi connectivity index (χ0) is 24.6. The molecule has 0 saturated carbocycles. The predicted molar refractivity (Wildman–Crippen MR) is 138 cm³/mol. The Bertz CT molecular complexity index is 1190. The quantitative estimate of drug-likeness (QED) is 0.361. The molecule has 180 valence electrons. The minimum atomic E-state index is -0.718. The summed E-state index contributed by atoms with van der Waals surface area (Å²) < 4.78 is 0. The van der Waals surface area contributed by atoms with Crippen molar-refractivity contribution in [2.75, 3.05) is 28.6 Å². The molecule has 3 amide bonds. The van der Waals surface area contributed by atoms with Crippen LogP contribution < -0.4 is 20.9 Å². The highest BCUT2D eigenvalue weighted by Crippen LogP contribution is 2.24. The maximum absolute atomic E-state index is 12.1. The lowest BCUT2D eigenvalue weighted by Gasteiger charge is -2.30. The maximum Gasteiger partial charge on any atom is 0.313 e. The molecule has 4 rings (SSSR count). The first kappa shape index (κ1) is 24.0. The van der Waals surface area contributed by atoms with Crippen molar-refractivity contribution in [2.45, 2.75) is 32.7 Å². The van der Waals surface area contributed by atoms with Gasteiger partial charge >= 0.3 is 11.8 Å². The van der Waals surface area contributed by atoms with Gasteiger partial charge in [-0.2, -0.15) is 0 Å². The van der Waals surface area contributed by atoms with Crippen molar-refractivity contribution in [1.29, 1.82) is 0 Å². The molecule has 1 aliphatic heterocycles. The highest BCUT2D eigenvalue weighted by Gasteiger charge is 2.16. The molecule has 0 fully saturated rings. The van der Waals surface area contributed by atoms with Gasteiger partial charge in [0.25, 0.3) is 0 Å². The van der Waals surface area contributed by atoms with Crippen molar-refractivity contribution in [3.05, 3.63) is 89.5 Å². The van der Waals surface area contributed by atoms with Crippen molar-refractivity contribution >= 4 is 34.8 Å². The van der Waals surface area contributed by atoms with Crippen molar-refractivity contribution in [2.24, 2.45) is 0 Å². The highest BCUT2D eigenvalue weighted by atomic mass is 16.2. The molecule has 7 nitrogen and oxygen atoms in total. The van der Waals surface area contributed by atoms with E-state index in [0.29, 0.717) is 17.9 Å². The van der Waals surface area contributed by atoms with E-state index in [4.69, 9.17) is 0 Å². The van der Waals surface area contributed by atoms with E-state index in [1.54, 1.807) is 24.3 Å². The molecule has 0 radical (unpaired) electrons. The standard InChI is InChI=1S/C28H30N4O3/c1-20(33)30-24-10-12-25(13-11-24)31-28(35)27(34)29-17-4-5-21-8-14-26(15-9-21)32-18-16-22-6-2-3-7-23(22)19-32/h2-3,6-15H,4-5,16-19H2,1H3,(H,29,34)(H,30,33)(H,31,35). The molecule has 3 aromatic rings. The van der Waals surface area contributed by atoms with E-state index in [-0.39, 0.29) is 5.91 Å². The predicted octanol–water partition coefficient (Wildman–Crippen LogP) is 3.90. The van der Waals surface area contributed by atoms with Gasteiger partial charge in [-0.05, 0) is 72.4 Å². The molecule has 7 heteroatoms. The summed E-state index contributed by atoms with van der Waals surface area (Å²) in [4.78, 5) is 37.7. The number of fused-ring (bicyclic) bond motifs is 1. The lowest BCUT2D eigenvalue weighted by atomic mass is 9.99. The number of carbonyl (C=O) groups is 3. The molecule has 0 bridgehead atoms. The third kappa shape index (κ3) is 6.69. The molecule has 3 aromatic carbocycles. The minimum absolute atomic E-state index is 0.176. The van der Waals surface area contributed by atoms with Crippen LogP contribution in [-0.2, 0) is 33.8 Å². The summed E-state index contributed by atoms with van der Waals surface area (Å²) in [6, 6.07) is 23.8. The van der Waals surface area contributed by atoms with Gasteiger partial charge in [-0.25, -0.2) is 0 Å². The Morgan fingerprint density at radius 3 is 2.14 bits per heavy atom. The molecule has 0 aliphatic carbocycles. The van der Waals surface area contributed by atoms with Gasteiger partial charge < -0.3 is 20.9 Å². The largest absolute Gasteiger partial charge is 0.367 e. The molecule has 0 atom stereocenters. The molecule has 1 heterocycles. The summed E-state index contributed by atoms with van der Waals surface area (Å²) >= 11 is 0. The summed E-state index contributed by atoms with van der Waals surface area (Å²) in [6.07, 6.45) is 2.62. The molecule has 1 aliphatic rings. The van der Waals surface area contributed by atoms with Crippen LogP contribution in [0.3, 0.4) is 0 Å². The van der Waals surface area contributed by atoms with E-state index < -0.39 is 11.8 Å². The Hall–Kier alpha value is -4.13. The molecule has 35 heavy (non-hydrogen) atoms. The fourth-order valence-corrected chi connectivity index (χ4v) is 4.19. The SMILES string of the molecule is CC(=O)Nc1ccc(NC(=O)C(=O)NCCCc2ccc(N3CCc4ccccc4C3)cc2)cc1. The lowest BCUT2D eigenvalue weighted by molar-refractivity contribution is -0.136. The maximum atomic E-state index is 12.1. The molecule has 0 saturated heterocycles. The second kappa shape index (κ2) is 11.3. The van der Waals surface area contributed by atoms with Gasteiger partial charge in [-0.1, -0.05) is 36.4 Å². The van der Waals surface area contributed by atoms with Gasteiger partial charge in [0.15, 0.2) is 0 Å². The van der Waals surface area contributed by atoms with Crippen molar-refractivity contribution in [1.82, 2.24) is 5.32 Å². The first-order valence-corrected chi connectivity index (χ1v) is 11.9. The normalized spacial score (nSPS) is 12.4. The molecule has 3 N–H and O–H groups in total. The van der Waals surface area contributed by atoms with Crippen LogP contribution in [0.1, 0.15) is 30.0 Å². The van der Waals surface area contributed by atoms with Crippen LogP contribution in [0.15, 0.2) is 72.8 Å². The molecular formula is C28H30N4O3. The average Bonchev–Trinajstić information content (AvgIpc) is 2.87. The van der Waals surface area contributed by atoms with Gasteiger partial charge in [0.05, 0.1) is 0 Å². The number of aryl methyl sites for hydroxylation is 1. The molecule has 0 aromatic heterocycles. The second-order valence-corrected chi connectivity index (χ2v) is 8.68. The van der Waals surface area contributed by atoms with Crippen LogP contribution in [0.2, 0.25) is 0 Å². The monoisotopic (exact) mass is 470 g/mol. The number of amides is 3. The Labute approximate surface area is 205 Å². The van der Waals surface area contributed by atoms with Crippen LogP contribution in [0.5, 0.6) is 0 Å². The lowest BCUT2D eigenvalue weighted by Crippen LogP contribution is -2.36. The molecule has 0 spiro atoms. The summed E-state index contributed by atoms with van der Waals surface area (Å²) in [7, 11) is 0. The van der Waals surface area contributed by atoms with Gasteiger partial charge in [0.2, 0.25) is 5.91 Å². The first-order valence-electron chi connectivity index (χ1n) is 11.9. The number of carbonyl (C=O) groups excluding carboxylic acids is 3. The van der Waals surface area contributed by atoms with E-state index in [9.17, 15) is 14.4 Å². The number of nitrogens with one attached hydrogen (secondary N) is 3. The number of rotatable bonds is 7. The van der Waals surface area contributed by atoms with E-state index in [1.165, 1.54) is 29.3 Å². The summed E-state index contributed by atoms with van der Waals surface area (Å²) in [5.74, 6) is -1.56. The zero-order valence-corrected chi connectivity index (χ0v) is 19.8. The second-order valence-electron chi connectivity index (χ2n) is 8.68. The summed E-state index contributed by atoms with van der Waals surface area (Å²) in [5, 5.41) is 7.87. The topological polar surface area (TPSA) is 90.5 Å². The average molecular weight is 471 g/mol. The smallest absolute Gasteiger partial charge is 0.313 e. The number of hydrogen-bond donors (Lipinski definition) is 3. The number of anilines is 3. The third-order valence-electron chi connectivity index (χ3n) is 6.03. The summed E-state index contributed by atoms with van der Waals surface area (Å²) in [6.45, 7) is 3.79. The fourth-order valence-electron chi connectivity index (χ4n) is 4.19. The Kier molecular flexibility index (Phi) is 7.77. The van der Waals surface area contributed by atoms with E-state index in [2.05, 4.69) is 69.4 Å². The van der Waals surface area contributed by atoms with Crippen molar-refractivity contribution in [3.63, 3.8) is 0 Å². The minimum Gasteiger partial charge on any atom is -0.367 e. The van der Waals surface area contributed by atoms with Crippen molar-refractivity contribution < 1.29 is 14.4 Å².